The molecule has 0 unspecified atom stereocenters. The molecule has 0 bridgehead atoms. The van der Waals surface area contributed by atoms with Crippen molar-refractivity contribution < 1.29 is 22.7 Å². The van der Waals surface area contributed by atoms with Gasteiger partial charge in [-0.1, -0.05) is 49.6 Å². The fraction of sp³-hybridized carbons (Fsp3) is 0.536. The second-order valence-corrected chi connectivity index (χ2v) is 11.9. The number of hydrogen-bond acceptors (Lipinski definition) is 5. The third-order valence-corrected chi connectivity index (χ3v) is 9.77. The molecule has 2 aromatic carbocycles. The van der Waals surface area contributed by atoms with E-state index in [-0.39, 0.29) is 30.7 Å². The molecule has 1 heterocycles. The Hall–Kier alpha value is -2.42. The molecule has 36 heavy (non-hydrogen) atoms. The van der Waals surface area contributed by atoms with Gasteiger partial charge < -0.3 is 14.8 Å². The van der Waals surface area contributed by atoms with Crippen LogP contribution in [0.2, 0.25) is 0 Å². The van der Waals surface area contributed by atoms with Crippen LogP contribution in [0.1, 0.15) is 61.6 Å². The van der Waals surface area contributed by atoms with E-state index in [0.717, 1.165) is 37.7 Å². The van der Waals surface area contributed by atoms with Crippen LogP contribution >= 0.6 is 0 Å². The molecule has 1 aliphatic heterocycles. The van der Waals surface area contributed by atoms with E-state index in [2.05, 4.69) is 17.4 Å². The summed E-state index contributed by atoms with van der Waals surface area (Å²) in [6.45, 7) is 4.15. The minimum atomic E-state index is -3.70. The summed E-state index contributed by atoms with van der Waals surface area (Å²) < 4.78 is 39.8. The molecule has 196 valence electrons. The maximum Gasteiger partial charge on any atom is 0.246 e. The number of nitrogens with one attached hydrogen (secondary N) is 1. The average molecular weight is 515 g/mol. The van der Waals surface area contributed by atoms with Crippen LogP contribution in [-0.2, 0) is 25.1 Å². The number of amides is 1. The highest BCUT2D eigenvalue weighted by Gasteiger charge is 2.38. The molecular formula is C28H38N2O5S. The molecule has 2 fully saturated rings. The summed E-state index contributed by atoms with van der Waals surface area (Å²) in [7, 11) is -2.12. The van der Waals surface area contributed by atoms with E-state index in [9.17, 15) is 13.2 Å². The van der Waals surface area contributed by atoms with Gasteiger partial charge in [-0.15, -0.1) is 0 Å². The molecule has 1 saturated carbocycles. The van der Waals surface area contributed by atoms with Crippen LogP contribution in [0.4, 0.5) is 0 Å². The van der Waals surface area contributed by atoms with Crippen molar-refractivity contribution in [1.29, 1.82) is 0 Å². The Labute approximate surface area is 215 Å². The molecular weight excluding hydrogens is 476 g/mol. The van der Waals surface area contributed by atoms with Gasteiger partial charge in [-0.05, 0) is 68.4 Å². The number of methoxy groups -OCH3 is 1. The first kappa shape index (κ1) is 26.6. The van der Waals surface area contributed by atoms with E-state index in [1.54, 1.807) is 37.4 Å². The number of nitrogens with zero attached hydrogens (tertiary/aromatic N) is 1. The third-order valence-electron chi connectivity index (χ3n) is 7.51. The van der Waals surface area contributed by atoms with E-state index in [1.165, 1.54) is 6.42 Å². The number of carbonyl (C=O) groups excluding carboxylic acids is 1. The standard InChI is InChI=1S/C28H38N2O5S/c1-21-17-25(34-3)18-22(2)27(21)36(32,33)30-16-10-13-24(30)19-35-20-26(31)29-28(14-8-5-9-15-28)23-11-6-4-7-12-23/h4,6-7,11-12,17-18,24H,5,8-10,13-16,19-20H2,1-3H3,(H,29,31)/t24-/m0/s1. The summed E-state index contributed by atoms with van der Waals surface area (Å²) in [5, 5.41) is 3.26. The molecule has 2 aromatic rings. The fourth-order valence-corrected chi connectivity index (χ4v) is 7.93. The van der Waals surface area contributed by atoms with Gasteiger partial charge in [-0.2, -0.15) is 4.31 Å². The molecule has 1 amide bonds. The number of carbonyl (C=O) groups is 1. The largest absolute Gasteiger partial charge is 0.497 e. The summed E-state index contributed by atoms with van der Waals surface area (Å²) in [6.07, 6.45) is 6.65. The van der Waals surface area contributed by atoms with Gasteiger partial charge in [0.25, 0.3) is 0 Å². The van der Waals surface area contributed by atoms with E-state index in [1.807, 2.05) is 18.2 Å². The van der Waals surface area contributed by atoms with Crippen LogP contribution in [0, 0.1) is 13.8 Å². The quantitative estimate of drug-likeness (QED) is 0.534. The van der Waals surface area contributed by atoms with Crippen molar-refractivity contribution in [2.75, 3.05) is 26.9 Å². The van der Waals surface area contributed by atoms with Crippen molar-refractivity contribution in [2.45, 2.75) is 75.3 Å². The monoisotopic (exact) mass is 514 g/mol. The third kappa shape index (κ3) is 5.61. The summed E-state index contributed by atoms with van der Waals surface area (Å²) >= 11 is 0. The summed E-state index contributed by atoms with van der Waals surface area (Å²) in [5.41, 5.74) is 2.11. The summed E-state index contributed by atoms with van der Waals surface area (Å²) in [5.74, 6) is 0.484. The topological polar surface area (TPSA) is 84.9 Å². The van der Waals surface area contributed by atoms with Gasteiger partial charge in [0.05, 0.1) is 24.2 Å². The Morgan fingerprint density at radius 3 is 2.36 bits per heavy atom. The molecule has 7 nitrogen and oxygen atoms in total. The summed E-state index contributed by atoms with van der Waals surface area (Å²) in [6, 6.07) is 13.4. The van der Waals surface area contributed by atoms with Crippen LogP contribution in [-0.4, -0.2) is 51.5 Å². The Bertz CT molecular complexity index is 1140. The Kier molecular flexibility index (Phi) is 8.37. The van der Waals surface area contributed by atoms with Crippen molar-refractivity contribution in [3.8, 4) is 5.75 Å². The molecule has 1 atom stereocenters. The molecule has 4 rings (SSSR count). The lowest BCUT2D eigenvalue weighted by Crippen LogP contribution is -2.48. The normalized spacial score (nSPS) is 20.2. The molecule has 1 aliphatic carbocycles. The van der Waals surface area contributed by atoms with Gasteiger partial charge in [-0.25, -0.2) is 8.42 Å². The predicted molar refractivity (Wildman–Crippen MR) is 140 cm³/mol. The maximum absolute atomic E-state index is 13.6. The first-order chi connectivity index (χ1) is 17.3. The van der Waals surface area contributed by atoms with Gasteiger partial charge in [0.2, 0.25) is 15.9 Å². The number of rotatable bonds is 9. The zero-order valence-corrected chi connectivity index (χ0v) is 22.4. The SMILES string of the molecule is COc1cc(C)c(S(=O)(=O)N2CCC[C@H]2COCC(=O)NC2(c3ccccc3)CCCCC2)c(C)c1. The van der Waals surface area contributed by atoms with Crippen molar-refractivity contribution in [3.05, 3.63) is 59.2 Å². The average Bonchev–Trinajstić information content (AvgIpc) is 3.34. The lowest BCUT2D eigenvalue weighted by atomic mass is 9.76. The van der Waals surface area contributed by atoms with Gasteiger partial charge >= 0.3 is 0 Å². The highest BCUT2D eigenvalue weighted by molar-refractivity contribution is 7.89. The van der Waals surface area contributed by atoms with E-state index in [0.29, 0.717) is 34.7 Å². The van der Waals surface area contributed by atoms with Crippen LogP contribution in [0.3, 0.4) is 0 Å². The number of sulfonamides is 1. The molecule has 8 heteroatoms. The smallest absolute Gasteiger partial charge is 0.246 e. The van der Waals surface area contributed by atoms with Gasteiger partial charge in [0.15, 0.2) is 0 Å². The molecule has 0 radical (unpaired) electrons. The Balaban J connectivity index is 1.40. The molecule has 2 aliphatic rings. The van der Waals surface area contributed by atoms with Gasteiger partial charge in [0, 0.05) is 12.6 Å². The van der Waals surface area contributed by atoms with Gasteiger partial charge in [-0.3, -0.25) is 4.79 Å². The molecule has 0 aromatic heterocycles. The number of hydrogen-bond donors (Lipinski definition) is 1. The van der Waals surface area contributed by atoms with E-state index >= 15 is 0 Å². The highest BCUT2D eigenvalue weighted by Crippen LogP contribution is 2.37. The Morgan fingerprint density at radius 1 is 1.06 bits per heavy atom. The van der Waals surface area contributed by atoms with Crippen molar-refractivity contribution in [1.82, 2.24) is 9.62 Å². The second-order valence-electron chi connectivity index (χ2n) is 10.1. The molecule has 1 saturated heterocycles. The number of benzene rings is 2. The minimum absolute atomic E-state index is 0.0838. The first-order valence-corrected chi connectivity index (χ1v) is 14.3. The van der Waals surface area contributed by atoms with E-state index < -0.39 is 10.0 Å². The molecule has 1 N–H and O–H groups in total. The fourth-order valence-electron chi connectivity index (χ4n) is 5.83. The first-order valence-electron chi connectivity index (χ1n) is 12.9. The van der Waals surface area contributed by atoms with Crippen molar-refractivity contribution in [3.63, 3.8) is 0 Å². The molecule has 0 spiro atoms. The minimum Gasteiger partial charge on any atom is -0.497 e. The highest BCUT2D eigenvalue weighted by atomic mass is 32.2. The Morgan fingerprint density at radius 2 is 1.72 bits per heavy atom. The van der Waals surface area contributed by atoms with Crippen LogP contribution in [0.5, 0.6) is 5.75 Å². The van der Waals surface area contributed by atoms with Crippen molar-refractivity contribution >= 4 is 15.9 Å². The number of ether oxygens (including phenoxy) is 2. The van der Waals surface area contributed by atoms with Crippen LogP contribution in [0.15, 0.2) is 47.4 Å². The second kappa shape index (κ2) is 11.3. The lowest BCUT2D eigenvalue weighted by molar-refractivity contribution is -0.128. The maximum atomic E-state index is 13.6. The zero-order chi connectivity index (χ0) is 25.8. The zero-order valence-electron chi connectivity index (χ0n) is 21.6. The van der Waals surface area contributed by atoms with Crippen LogP contribution in [0.25, 0.3) is 0 Å². The van der Waals surface area contributed by atoms with Crippen LogP contribution < -0.4 is 10.1 Å². The summed E-state index contributed by atoms with van der Waals surface area (Å²) in [4.78, 5) is 13.3. The van der Waals surface area contributed by atoms with E-state index in [4.69, 9.17) is 9.47 Å². The van der Waals surface area contributed by atoms with Gasteiger partial charge in [0.1, 0.15) is 12.4 Å². The van der Waals surface area contributed by atoms with Crippen molar-refractivity contribution in [2.24, 2.45) is 0 Å². The predicted octanol–water partition coefficient (Wildman–Crippen LogP) is 4.46. The lowest BCUT2D eigenvalue weighted by Gasteiger charge is -2.38. The number of aryl methyl sites for hydroxylation is 2.